The minimum Gasteiger partial charge on any atom is -0.350 e. The topological polar surface area (TPSA) is 116 Å². The monoisotopic (exact) mass is 436 g/mol. The van der Waals surface area contributed by atoms with Gasteiger partial charge in [0.2, 0.25) is 15.9 Å². The molecule has 3 amide bonds. The first kappa shape index (κ1) is 23.3. The predicted molar refractivity (Wildman–Crippen MR) is 110 cm³/mol. The fourth-order valence-electron chi connectivity index (χ4n) is 2.47. The molecule has 0 aliphatic carbocycles. The van der Waals surface area contributed by atoms with Crippen molar-refractivity contribution in [1.82, 2.24) is 20.7 Å². The Morgan fingerprint density at radius 2 is 1.60 bits per heavy atom. The van der Waals surface area contributed by atoms with Crippen LogP contribution in [0.5, 0.6) is 0 Å². The summed E-state index contributed by atoms with van der Waals surface area (Å²) in [5, 5.41) is 7.59. The molecule has 0 saturated carbocycles. The van der Waals surface area contributed by atoms with E-state index in [4.69, 9.17) is 0 Å². The molecule has 0 heterocycles. The van der Waals surface area contributed by atoms with Gasteiger partial charge in [-0.1, -0.05) is 24.3 Å². The van der Waals surface area contributed by atoms with E-state index >= 15 is 0 Å². The minimum atomic E-state index is -3.62. The van der Waals surface area contributed by atoms with Gasteiger partial charge in [-0.05, 0) is 49.2 Å². The molecule has 0 spiro atoms. The van der Waals surface area contributed by atoms with Gasteiger partial charge in [-0.3, -0.25) is 4.79 Å². The second-order valence-corrected chi connectivity index (χ2v) is 8.58. The number of benzene rings is 2. The Balaban J connectivity index is 1.77. The average Bonchev–Trinajstić information content (AvgIpc) is 2.69. The molecular formula is C20H25FN4O4S. The van der Waals surface area contributed by atoms with Gasteiger partial charge in [0.15, 0.2) is 0 Å². The lowest BCUT2D eigenvalue weighted by molar-refractivity contribution is -0.120. The smallest absolute Gasteiger partial charge is 0.315 e. The van der Waals surface area contributed by atoms with Crippen molar-refractivity contribution in [1.29, 1.82) is 0 Å². The summed E-state index contributed by atoms with van der Waals surface area (Å²) < 4.78 is 39.8. The number of hydrogen-bond donors (Lipinski definition) is 4. The van der Waals surface area contributed by atoms with Gasteiger partial charge >= 0.3 is 6.03 Å². The molecule has 2 aromatic carbocycles. The van der Waals surface area contributed by atoms with E-state index in [1.807, 2.05) is 0 Å². The Kier molecular flexibility index (Phi) is 8.31. The summed E-state index contributed by atoms with van der Waals surface area (Å²) >= 11 is 0. The standard InChI is InChI=1S/C20H25FN4O4S/c1-14(2)25-30(28,29)18-5-3-4-16(10-18)12-22-19(26)13-24-20(27)23-11-15-6-8-17(21)9-7-15/h3-10,14,25H,11-13H2,1-2H3,(H,22,26)(H2,23,24,27). The SMILES string of the molecule is CC(C)NS(=O)(=O)c1cccc(CNC(=O)CNC(=O)NCc2ccc(F)cc2)c1. The van der Waals surface area contributed by atoms with Gasteiger partial charge in [0.1, 0.15) is 5.82 Å². The molecule has 0 aliphatic heterocycles. The van der Waals surface area contributed by atoms with Gasteiger partial charge in [-0.15, -0.1) is 0 Å². The van der Waals surface area contributed by atoms with Crippen LogP contribution in [0.2, 0.25) is 0 Å². The van der Waals surface area contributed by atoms with Gasteiger partial charge < -0.3 is 16.0 Å². The van der Waals surface area contributed by atoms with E-state index in [1.165, 1.54) is 24.3 Å². The van der Waals surface area contributed by atoms with Crippen molar-refractivity contribution in [3.05, 3.63) is 65.5 Å². The highest BCUT2D eigenvalue weighted by Crippen LogP contribution is 2.12. The molecule has 0 aliphatic rings. The number of hydrogen-bond acceptors (Lipinski definition) is 4. The van der Waals surface area contributed by atoms with Gasteiger partial charge in [0.25, 0.3) is 0 Å². The molecule has 0 atom stereocenters. The molecule has 162 valence electrons. The summed E-state index contributed by atoms with van der Waals surface area (Å²) in [6, 6.07) is 11.1. The Hall–Kier alpha value is -2.98. The number of rotatable bonds is 9. The number of carbonyl (C=O) groups excluding carboxylic acids is 2. The Morgan fingerprint density at radius 3 is 2.27 bits per heavy atom. The Labute approximate surface area is 175 Å². The highest BCUT2D eigenvalue weighted by Gasteiger charge is 2.15. The first-order valence-electron chi connectivity index (χ1n) is 9.30. The van der Waals surface area contributed by atoms with Crippen molar-refractivity contribution < 1.29 is 22.4 Å². The predicted octanol–water partition coefficient (Wildman–Crippen LogP) is 1.63. The number of urea groups is 1. The maximum Gasteiger partial charge on any atom is 0.315 e. The molecule has 4 N–H and O–H groups in total. The van der Waals surface area contributed by atoms with Crippen LogP contribution in [-0.4, -0.2) is 32.9 Å². The van der Waals surface area contributed by atoms with Crippen molar-refractivity contribution in [2.45, 2.75) is 37.9 Å². The molecule has 0 saturated heterocycles. The zero-order chi connectivity index (χ0) is 22.1. The quantitative estimate of drug-likeness (QED) is 0.478. The summed E-state index contributed by atoms with van der Waals surface area (Å²) in [5.41, 5.74) is 1.33. The molecule has 10 heteroatoms. The number of carbonyl (C=O) groups is 2. The van der Waals surface area contributed by atoms with E-state index in [-0.39, 0.29) is 36.4 Å². The van der Waals surface area contributed by atoms with Gasteiger partial charge in [-0.2, -0.15) is 0 Å². The zero-order valence-electron chi connectivity index (χ0n) is 16.7. The summed E-state index contributed by atoms with van der Waals surface area (Å²) in [6.07, 6.45) is 0. The fraction of sp³-hybridized carbons (Fsp3) is 0.300. The maximum absolute atomic E-state index is 12.8. The van der Waals surface area contributed by atoms with E-state index in [9.17, 15) is 22.4 Å². The second kappa shape index (κ2) is 10.7. The van der Waals surface area contributed by atoms with Crippen molar-refractivity contribution in [2.24, 2.45) is 0 Å². The van der Waals surface area contributed by atoms with Crippen LogP contribution in [0.25, 0.3) is 0 Å². The van der Waals surface area contributed by atoms with Crippen LogP contribution >= 0.6 is 0 Å². The van der Waals surface area contributed by atoms with Gasteiger partial charge in [0, 0.05) is 19.1 Å². The lowest BCUT2D eigenvalue weighted by atomic mass is 10.2. The van der Waals surface area contributed by atoms with Crippen LogP contribution in [0.15, 0.2) is 53.4 Å². The molecule has 0 aromatic heterocycles. The van der Waals surface area contributed by atoms with Crippen molar-refractivity contribution in [2.75, 3.05) is 6.54 Å². The summed E-state index contributed by atoms with van der Waals surface area (Å²) in [7, 11) is -3.62. The second-order valence-electron chi connectivity index (χ2n) is 6.86. The first-order valence-corrected chi connectivity index (χ1v) is 10.8. The van der Waals surface area contributed by atoms with Crippen molar-refractivity contribution in [3.63, 3.8) is 0 Å². The average molecular weight is 437 g/mol. The number of amides is 3. The molecular weight excluding hydrogens is 411 g/mol. The molecule has 2 aromatic rings. The highest BCUT2D eigenvalue weighted by molar-refractivity contribution is 7.89. The maximum atomic E-state index is 12.8. The number of sulfonamides is 1. The largest absolute Gasteiger partial charge is 0.350 e. The van der Waals surface area contributed by atoms with Crippen LogP contribution in [0.4, 0.5) is 9.18 Å². The third-order valence-corrected chi connectivity index (χ3v) is 5.52. The van der Waals surface area contributed by atoms with Crippen LogP contribution < -0.4 is 20.7 Å². The molecule has 8 nitrogen and oxygen atoms in total. The lowest BCUT2D eigenvalue weighted by Gasteiger charge is -2.11. The Bertz CT molecular complexity index is 979. The van der Waals surface area contributed by atoms with Crippen LogP contribution in [0.3, 0.4) is 0 Å². The third-order valence-electron chi connectivity index (χ3n) is 3.87. The van der Waals surface area contributed by atoms with E-state index < -0.39 is 22.0 Å². The summed E-state index contributed by atoms with van der Waals surface area (Å²) in [6.45, 7) is 3.51. The van der Waals surface area contributed by atoms with E-state index in [0.717, 1.165) is 5.56 Å². The fourth-order valence-corrected chi connectivity index (χ4v) is 3.79. The Morgan fingerprint density at radius 1 is 0.933 bits per heavy atom. The van der Waals surface area contributed by atoms with E-state index in [2.05, 4.69) is 20.7 Å². The van der Waals surface area contributed by atoms with Crippen LogP contribution in [-0.2, 0) is 27.9 Å². The van der Waals surface area contributed by atoms with Crippen molar-refractivity contribution >= 4 is 22.0 Å². The normalized spacial score (nSPS) is 11.2. The van der Waals surface area contributed by atoms with Gasteiger partial charge in [-0.25, -0.2) is 22.3 Å². The molecule has 0 fully saturated rings. The summed E-state index contributed by atoms with van der Waals surface area (Å²) in [4.78, 5) is 23.8. The van der Waals surface area contributed by atoms with Crippen LogP contribution in [0.1, 0.15) is 25.0 Å². The molecule has 0 unspecified atom stereocenters. The first-order chi connectivity index (χ1) is 14.2. The molecule has 2 rings (SSSR count). The van der Waals surface area contributed by atoms with E-state index in [0.29, 0.717) is 5.56 Å². The van der Waals surface area contributed by atoms with Gasteiger partial charge in [0.05, 0.1) is 11.4 Å². The molecule has 30 heavy (non-hydrogen) atoms. The molecule has 0 radical (unpaired) electrons. The lowest BCUT2D eigenvalue weighted by Crippen LogP contribution is -2.41. The minimum absolute atomic E-state index is 0.112. The highest BCUT2D eigenvalue weighted by atomic mass is 32.2. The zero-order valence-corrected chi connectivity index (χ0v) is 17.6. The van der Waals surface area contributed by atoms with Crippen molar-refractivity contribution in [3.8, 4) is 0 Å². The van der Waals surface area contributed by atoms with Crippen LogP contribution in [0, 0.1) is 5.82 Å². The number of nitrogens with one attached hydrogen (secondary N) is 4. The summed E-state index contributed by atoms with van der Waals surface area (Å²) in [5.74, 6) is -0.792. The number of halogens is 1. The third kappa shape index (κ3) is 7.80. The molecule has 0 bridgehead atoms. The van der Waals surface area contributed by atoms with E-state index in [1.54, 1.807) is 38.1 Å².